The molecule has 1 aliphatic rings. The molecule has 0 aliphatic heterocycles. The zero-order valence-corrected chi connectivity index (χ0v) is 14.4. The summed E-state index contributed by atoms with van der Waals surface area (Å²) in [5, 5.41) is 7.73. The van der Waals surface area contributed by atoms with Gasteiger partial charge in [0.05, 0.1) is 0 Å². The summed E-state index contributed by atoms with van der Waals surface area (Å²) in [5.41, 5.74) is 0.911. The molecule has 0 unspecified atom stereocenters. The van der Waals surface area contributed by atoms with Gasteiger partial charge in [-0.15, -0.1) is 0 Å². The van der Waals surface area contributed by atoms with Gasteiger partial charge in [0, 0.05) is 31.7 Å². The molecule has 0 saturated heterocycles. The number of nitrogens with one attached hydrogen (secondary N) is 2. The zero-order valence-electron chi connectivity index (χ0n) is 14.4. The molecule has 1 aromatic heterocycles. The maximum Gasteiger partial charge on any atom is 0.191 e. The third-order valence-corrected chi connectivity index (χ3v) is 4.02. The van der Waals surface area contributed by atoms with Crippen LogP contribution in [-0.4, -0.2) is 32.3 Å². The Bertz CT molecular complexity index is 628. The predicted octanol–water partition coefficient (Wildman–Crippen LogP) is 3.30. The lowest BCUT2D eigenvalue weighted by Crippen LogP contribution is -2.38. The largest absolute Gasteiger partial charge is 0.459 e. The average Bonchev–Trinajstić information content (AvgIpc) is 3.32. The third-order valence-electron chi connectivity index (χ3n) is 4.02. The fourth-order valence-corrected chi connectivity index (χ4v) is 2.53. The molecule has 0 spiro atoms. The van der Waals surface area contributed by atoms with Crippen LogP contribution in [0.4, 0.5) is 0 Å². The summed E-state index contributed by atoms with van der Waals surface area (Å²) in [6.07, 6.45) is 3.68. The van der Waals surface area contributed by atoms with Gasteiger partial charge in [0.1, 0.15) is 17.9 Å². The molecule has 0 bridgehead atoms. The van der Waals surface area contributed by atoms with E-state index >= 15 is 0 Å². The summed E-state index contributed by atoms with van der Waals surface area (Å²) in [6, 6.07) is 10.1. The van der Waals surface area contributed by atoms with Crippen molar-refractivity contribution in [2.75, 3.05) is 26.3 Å². The summed E-state index contributed by atoms with van der Waals surface area (Å²) in [5.74, 6) is 2.53. The number of hydrogen-bond acceptors (Lipinski definition) is 3. The van der Waals surface area contributed by atoms with Gasteiger partial charge >= 0.3 is 0 Å². The molecule has 1 saturated carbocycles. The fourth-order valence-electron chi connectivity index (χ4n) is 2.53. The van der Waals surface area contributed by atoms with Crippen LogP contribution in [0, 0.1) is 5.92 Å². The molecule has 1 aliphatic carbocycles. The molecule has 0 amide bonds. The van der Waals surface area contributed by atoms with Crippen molar-refractivity contribution in [3.63, 3.8) is 0 Å². The molecule has 24 heavy (non-hydrogen) atoms. The van der Waals surface area contributed by atoms with Gasteiger partial charge in [0.2, 0.25) is 0 Å². The molecule has 1 aromatic carbocycles. The van der Waals surface area contributed by atoms with Gasteiger partial charge in [-0.25, -0.2) is 4.99 Å². The van der Waals surface area contributed by atoms with Gasteiger partial charge in [-0.3, -0.25) is 0 Å². The highest BCUT2D eigenvalue weighted by atomic mass is 16.5. The number of rotatable bonds is 9. The van der Waals surface area contributed by atoms with Crippen LogP contribution >= 0.6 is 0 Å². The van der Waals surface area contributed by atoms with Gasteiger partial charge in [0.15, 0.2) is 5.96 Å². The van der Waals surface area contributed by atoms with Crippen LogP contribution in [0.15, 0.2) is 39.7 Å². The Kier molecular flexibility index (Phi) is 6.13. The number of ether oxygens (including phenoxy) is 1. The fraction of sp³-hybridized carbons (Fsp3) is 0.526. The normalized spacial score (nSPS) is 15.0. The van der Waals surface area contributed by atoms with E-state index in [0.717, 1.165) is 61.3 Å². The molecular weight excluding hydrogens is 302 g/mol. The highest BCUT2D eigenvalue weighted by Crippen LogP contribution is 2.28. The average molecular weight is 329 g/mol. The Hall–Kier alpha value is -2.01. The topological polar surface area (TPSA) is 58.8 Å². The zero-order chi connectivity index (χ0) is 16.6. The number of hydrogen-bond donors (Lipinski definition) is 2. The van der Waals surface area contributed by atoms with Gasteiger partial charge in [-0.2, -0.15) is 0 Å². The summed E-state index contributed by atoms with van der Waals surface area (Å²) in [4.78, 5) is 4.59. The van der Waals surface area contributed by atoms with Crippen molar-refractivity contribution in [3.05, 3.63) is 36.1 Å². The van der Waals surface area contributed by atoms with Crippen molar-refractivity contribution in [1.82, 2.24) is 10.6 Å². The molecule has 2 aromatic rings. The first kappa shape index (κ1) is 16.8. The quantitative estimate of drug-likeness (QED) is 0.421. The van der Waals surface area contributed by atoms with Crippen molar-refractivity contribution in [2.45, 2.75) is 32.7 Å². The van der Waals surface area contributed by atoms with E-state index in [1.54, 1.807) is 0 Å². The highest BCUT2D eigenvalue weighted by molar-refractivity contribution is 5.80. The van der Waals surface area contributed by atoms with Crippen LogP contribution in [0.5, 0.6) is 0 Å². The first-order valence-corrected chi connectivity index (χ1v) is 8.92. The van der Waals surface area contributed by atoms with E-state index in [1.807, 2.05) is 24.3 Å². The molecular formula is C19H27N3O2. The summed E-state index contributed by atoms with van der Waals surface area (Å²) >= 11 is 0. The number of nitrogens with zero attached hydrogens (tertiary/aromatic N) is 1. The summed E-state index contributed by atoms with van der Waals surface area (Å²) in [7, 11) is 0. The van der Waals surface area contributed by atoms with E-state index in [2.05, 4.69) is 28.6 Å². The predicted molar refractivity (Wildman–Crippen MR) is 97.2 cm³/mol. The second kappa shape index (κ2) is 8.73. The van der Waals surface area contributed by atoms with Crippen molar-refractivity contribution >= 4 is 16.9 Å². The Balaban J connectivity index is 1.43. The molecule has 130 valence electrons. The minimum atomic E-state index is 0.530. The van der Waals surface area contributed by atoms with Crippen molar-refractivity contribution in [2.24, 2.45) is 10.9 Å². The lowest BCUT2D eigenvalue weighted by molar-refractivity contribution is 0.123. The van der Waals surface area contributed by atoms with Crippen molar-refractivity contribution < 1.29 is 9.15 Å². The second-order valence-electron chi connectivity index (χ2n) is 6.24. The Labute approximate surface area is 143 Å². The highest BCUT2D eigenvalue weighted by Gasteiger charge is 2.20. The third kappa shape index (κ3) is 5.27. The Morgan fingerprint density at radius 2 is 2.17 bits per heavy atom. The van der Waals surface area contributed by atoms with Crippen LogP contribution in [0.25, 0.3) is 11.0 Å². The number of furan rings is 1. The van der Waals surface area contributed by atoms with Crippen molar-refractivity contribution in [1.29, 1.82) is 0 Å². The smallest absolute Gasteiger partial charge is 0.191 e. The van der Waals surface area contributed by atoms with Crippen LogP contribution in [-0.2, 0) is 11.3 Å². The molecule has 1 heterocycles. The second-order valence-corrected chi connectivity index (χ2v) is 6.24. The lowest BCUT2D eigenvalue weighted by atomic mass is 10.2. The van der Waals surface area contributed by atoms with E-state index in [-0.39, 0.29) is 0 Å². The van der Waals surface area contributed by atoms with Gasteiger partial charge in [0.25, 0.3) is 0 Å². The van der Waals surface area contributed by atoms with Crippen LogP contribution in [0.2, 0.25) is 0 Å². The Morgan fingerprint density at radius 1 is 1.29 bits per heavy atom. The van der Waals surface area contributed by atoms with Crippen LogP contribution in [0.3, 0.4) is 0 Å². The minimum Gasteiger partial charge on any atom is -0.459 e. The number of guanidine groups is 1. The summed E-state index contributed by atoms with van der Waals surface area (Å²) < 4.78 is 11.4. The number of fused-ring (bicyclic) bond motifs is 1. The Morgan fingerprint density at radius 3 is 2.96 bits per heavy atom. The van der Waals surface area contributed by atoms with Crippen LogP contribution < -0.4 is 10.6 Å². The molecule has 0 radical (unpaired) electrons. The molecule has 2 N–H and O–H groups in total. The van der Waals surface area contributed by atoms with Crippen LogP contribution in [0.1, 0.15) is 31.9 Å². The van der Waals surface area contributed by atoms with E-state index in [1.165, 1.54) is 12.8 Å². The lowest BCUT2D eigenvalue weighted by Gasteiger charge is -2.11. The van der Waals surface area contributed by atoms with Gasteiger partial charge in [-0.1, -0.05) is 18.2 Å². The molecule has 5 nitrogen and oxygen atoms in total. The maximum absolute atomic E-state index is 5.80. The number of para-hydroxylation sites is 1. The maximum atomic E-state index is 5.80. The first-order valence-electron chi connectivity index (χ1n) is 8.92. The number of aliphatic imine (C=N–C) groups is 1. The van der Waals surface area contributed by atoms with Gasteiger partial charge in [-0.05, 0) is 44.2 Å². The van der Waals surface area contributed by atoms with E-state index in [4.69, 9.17) is 9.15 Å². The van der Waals surface area contributed by atoms with Gasteiger partial charge < -0.3 is 19.8 Å². The molecule has 5 heteroatoms. The molecule has 0 atom stereocenters. The number of benzene rings is 1. The SMILES string of the molecule is CCNC(=NCc1cc2ccccc2o1)NCCCOCC1CC1. The van der Waals surface area contributed by atoms with E-state index < -0.39 is 0 Å². The first-order chi connectivity index (χ1) is 11.8. The minimum absolute atomic E-state index is 0.530. The standard InChI is InChI=1S/C19H27N3O2/c1-2-20-19(21-10-5-11-23-14-15-8-9-15)22-13-17-12-16-6-3-4-7-18(16)24-17/h3-4,6-7,12,15H,2,5,8-11,13-14H2,1H3,(H2,20,21,22). The van der Waals surface area contributed by atoms with E-state index in [0.29, 0.717) is 6.54 Å². The molecule has 1 fully saturated rings. The van der Waals surface area contributed by atoms with E-state index in [9.17, 15) is 0 Å². The summed E-state index contributed by atoms with van der Waals surface area (Å²) in [6.45, 7) is 6.03. The monoisotopic (exact) mass is 329 g/mol. The molecule has 3 rings (SSSR count). The van der Waals surface area contributed by atoms with Crippen molar-refractivity contribution in [3.8, 4) is 0 Å².